The van der Waals surface area contributed by atoms with E-state index in [0.29, 0.717) is 51.1 Å². The van der Waals surface area contributed by atoms with Gasteiger partial charge in [0.15, 0.2) is 24.4 Å². The van der Waals surface area contributed by atoms with Gasteiger partial charge in [-0.05, 0) is 159 Å². The number of carbonyl (C=O) groups excluding carboxylic acids is 7. The predicted molar refractivity (Wildman–Crippen MR) is 303 cm³/mol. The fourth-order valence-corrected chi connectivity index (χ4v) is 10.6. The van der Waals surface area contributed by atoms with E-state index in [9.17, 15) is 43.5 Å². The molecule has 21 heteroatoms. The molecule has 2 heterocycles. The summed E-state index contributed by atoms with van der Waals surface area (Å²) in [4.78, 5) is 114. The van der Waals surface area contributed by atoms with Gasteiger partial charge in [0.25, 0.3) is 17.7 Å². The maximum Gasteiger partial charge on any atom is 0.345 e. The van der Waals surface area contributed by atoms with Gasteiger partial charge in [0.1, 0.15) is 35.0 Å². The van der Waals surface area contributed by atoms with Crippen LogP contribution in [0.5, 0.6) is 0 Å². The first-order chi connectivity index (χ1) is 38.9. The van der Waals surface area contributed by atoms with Gasteiger partial charge in [-0.3, -0.25) is 19.2 Å². The van der Waals surface area contributed by atoms with Crippen molar-refractivity contribution in [2.24, 2.45) is 5.92 Å². The zero-order chi connectivity index (χ0) is 61.6. The highest BCUT2D eigenvalue weighted by Gasteiger charge is 2.51. The third kappa shape index (κ3) is 20.0. The van der Waals surface area contributed by atoms with E-state index in [2.05, 4.69) is 5.32 Å². The highest BCUT2D eigenvalue weighted by molar-refractivity contribution is 5.93. The van der Waals surface area contributed by atoms with Crippen LogP contribution in [0.4, 0.5) is 8.78 Å². The lowest BCUT2D eigenvalue weighted by molar-refractivity contribution is -0.175. The number of ether oxygens (including phenoxy) is 6. The number of esters is 4. The lowest BCUT2D eigenvalue weighted by atomic mass is 9.90. The Hall–Kier alpha value is -6.06. The van der Waals surface area contributed by atoms with E-state index in [0.717, 1.165) is 62.6 Å². The van der Waals surface area contributed by atoms with E-state index in [1.54, 1.807) is 20.9 Å². The standard InChI is InChI=1S/C62H90F2N4O15/c1-38(2)35-47(56(74)80-39(3)52(69)67(11)49(37-61(7,8)64)58(76)83-51(55(72)73)24-18-42-15-21-44(22-16-42)46-27-33-79-34-28-46)66(10)54(71)50(23-17-41-13-19-43(20-14-41)45-25-31-78-32-26-45)82-57(75)48(36-60(5,6)63)68(12)53(70)40(4)81-59(77)62(65-9)29-30-62/h13-16,19-22,38-40,45-51,65H,17-18,23-37H2,1-12H3,(H,72,73)/t39-,40-,47+,48+,49+,50-,51-/m1/s1. The number of aryl methyl sites for hydroxylation is 2. The van der Waals surface area contributed by atoms with Crippen molar-refractivity contribution in [3.05, 3.63) is 70.8 Å². The fourth-order valence-electron chi connectivity index (χ4n) is 10.6. The van der Waals surface area contributed by atoms with Crippen LogP contribution >= 0.6 is 0 Å². The summed E-state index contributed by atoms with van der Waals surface area (Å²) in [5, 5.41) is 13.1. The first-order valence-electron chi connectivity index (χ1n) is 29.2. The molecule has 2 aromatic carbocycles. The molecule has 19 nitrogen and oxygen atoms in total. The molecule has 3 aliphatic rings. The van der Waals surface area contributed by atoms with Gasteiger partial charge in [-0.15, -0.1) is 0 Å². The molecule has 0 unspecified atom stereocenters. The van der Waals surface area contributed by atoms with Gasteiger partial charge in [-0.25, -0.2) is 28.0 Å². The van der Waals surface area contributed by atoms with Crippen LogP contribution in [0, 0.1) is 5.92 Å². The van der Waals surface area contributed by atoms with Crippen molar-refractivity contribution in [2.75, 3.05) is 54.6 Å². The van der Waals surface area contributed by atoms with Crippen molar-refractivity contribution in [3.63, 3.8) is 0 Å². The van der Waals surface area contributed by atoms with Crippen molar-refractivity contribution in [2.45, 2.75) is 210 Å². The minimum atomic E-state index is -2.07. The number of halogens is 2. The Kier molecular flexibility index (Phi) is 24.6. The van der Waals surface area contributed by atoms with E-state index < -0.39 is 120 Å². The van der Waals surface area contributed by atoms with Crippen LogP contribution in [0.2, 0.25) is 0 Å². The normalized spacial score (nSPS) is 18.3. The topological polar surface area (TPSA) is 234 Å². The summed E-state index contributed by atoms with van der Waals surface area (Å²) in [6, 6.07) is 10.9. The molecule has 0 spiro atoms. The van der Waals surface area contributed by atoms with Crippen LogP contribution in [0.25, 0.3) is 0 Å². The van der Waals surface area contributed by atoms with Crippen LogP contribution in [0.3, 0.4) is 0 Å². The monoisotopic (exact) mass is 1170 g/mol. The van der Waals surface area contributed by atoms with Gasteiger partial charge in [0, 0.05) is 60.4 Å². The molecule has 83 heavy (non-hydrogen) atoms. The highest BCUT2D eigenvalue weighted by atomic mass is 19.1. The Balaban J connectivity index is 1.34. The van der Waals surface area contributed by atoms with Gasteiger partial charge < -0.3 is 53.5 Å². The average Bonchev–Trinajstić information content (AvgIpc) is 4.46. The molecule has 2 N–H and O–H groups in total. The third-order valence-corrected chi connectivity index (χ3v) is 16.0. The second-order valence-corrected chi connectivity index (χ2v) is 24.4. The summed E-state index contributed by atoms with van der Waals surface area (Å²) < 4.78 is 64.9. The number of nitrogens with zero attached hydrogens (tertiary/aromatic N) is 3. The maximum absolute atomic E-state index is 15.6. The zero-order valence-electron chi connectivity index (χ0n) is 50.7. The lowest BCUT2D eigenvalue weighted by Gasteiger charge is -2.35. The number of hydrogen-bond acceptors (Lipinski definition) is 15. The number of benzene rings is 2. The molecule has 0 bridgehead atoms. The summed E-state index contributed by atoms with van der Waals surface area (Å²) in [6.45, 7) is 13.6. The Bertz CT molecular complexity index is 2520. The Morgan fingerprint density at radius 3 is 1.34 bits per heavy atom. The molecule has 7 atom stereocenters. The van der Waals surface area contributed by atoms with Crippen molar-refractivity contribution < 1.29 is 80.7 Å². The number of aliphatic carboxylic acids is 1. The number of carboxylic acids is 1. The van der Waals surface area contributed by atoms with Crippen LogP contribution in [0.15, 0.2) is 48.5 Å². The molecule has 0 radical (unpaired) electrons. The largest absolute Gasteiger partial charge is 0.479 e. The molecule has 2 aromatic rings. The lowest BCUT2D eigenvalue weighted by Crippen LogP contribution is -2.54. The van der Waals surface area contributed by atoms with E-state index >= 15 is 8.78 Å². The number of hydrogen-bond donors (Lipinski definition) is 2. The molecule has 0 aromatic heterocycles. The predicted octanol–water partition coefficient (Wildman–Crippen LogP) is 7.37. The van der Waals surface area contributed by atoms with Gasteiger partial charge in [-0.2, -0.15) is 0 Å². The molecule has 2 saturated heterocycles. The van der Waals surface area contributed by atoms with Crippen molar-refractivity contribution in [3.8, 4) is 0 Å². The first-order valence-corrected chi connectivity index (χ1v) is 29.2. The molecule has 3 amide bonds. The summed E-state index contributed by atoms with van der Waals surface area (Å²) in [6.07, 6.45) is -2.81. The maximum atomic E-state index is 15.6. The Morgan fingerprint density at radius 1 is 0.590 bits per heavy atom. The fraction of sp³-hybridized carbons (Fsp3) is 0.677. The van der Waals surface area contributed by atoms with Crippen molar-refractivity contribution >= 4 is 47.6 Å². The number of nitrogens with one attached hydrogen (secondary N) is 1. The number of carboxylic acid groups (broad SMARTS) is 1. The van der Waals surface area contributed by atoms with Crippen LogP contribution in [-0.4, -0.2) is 181 Å². The number of rotatable bonds is 30. The quantitative estimate of drug-likeness (QED) is 0.0574. The van der Waals surface area contributed by atoms with E-state index in [-0.39, 0.29) is 38.0 Å². The average molecular weight is 1170 g/mol. The minimum Gasteiger partial charge on any atom is -0.479 e. The summed E-state index contributed by atoms with van der Waals surface area (Å²) in [5.74, 6) is -7.73. The molecule has 5 rings (SSSR count). The number of amides is 3. The summed E-state index contributed by atoms with van der Waals surface area (Å²) in [5.41, 5.74) is -1.19. The van der Waals surface area contributed by atoms with E-state index in [4.69, 9.17) is 28.4 Å². The van der Waals surface area contributed by atoms with Crippen LogP contribution in [-0.2, 0) is 79.6 Å². The number of carbonyl (C=O) groups is 8. The van der Waals surface area contributed by atoms with E-state index in [1.165, 1.54) is 62.7 Å². The summed E-state index contributed by atoms with van der Waals surface area (Å²) in [7, 11) is 5.34. The minimum absolute atomic E-state index is 0.0187. The zero-order valence-corrected chi connectivity index (χ0v) is 50.7. The molecular weight excluding hydrogens is 1080 g/mol. The molecule has 1 saturated carbocycles. The third-order valence-electron chi connectivity index (χ3n) is 16.0. The molecular formula is C62H90F2N4O15. The SMILES string of the molecule is CNC1(C(=O)O[C@H](C)C(=O)N(C)[C@@H](CC(C)(C)F)C(=O)O[C@H](CCc2ccc(C3CCOCC3)cc2)C(=O)N(C)[C@@H](CC(C)C)C(=O)O[C@H](C)C(=O)N(C)[C@@H](CC(C)(C)F)C(=O)O[C@H](CCc2ccc(C3CCOCC3)cc2)C(=O)O)CC1. The summed E-state index contributed by atoms with van der Waals surface area (Å²) >= 11 is 0. The smallest absolute Gasteiger partial charge is 0.345 e. The molecule has 2 aliphatic heterocycles. The van der Waals surface area contributed by atoms with Crippen LogP contribution in [0.1, 0.15) is 160 Å². The van der Waals surface area contributed by atoms with E-state index in [1.807, 2.05) is 48.5 Å². The number of alkyl halides is 2. The van der Waals surface area contributed by atoms with Gasteiger partial charge in [-0.1, -0.05) is 62.4 Å². The second-order valence-electron chi connectivity index (χ2n) is 24.4. The van der Waals surface area contributed by atoms with Gasteiger partial charge >= 0.3 is 29.8 Å². The molecule has 462 valence electrons. The van der Waals surface area contributed by atoms with Gasteiger partial charge in [0.05, 0.1) is 0 Å². The van der Waals surface area contributed by atoms with Gasteiger partial charge in [0.2, 0.25) is 0 Å². The van der Waals surface area contributed by atoms with Crippen molar-refractivity contribution in [1.82, 2.24) is 20.0 Å². The highest BCUT2D eigenvalue weighted by Crippen LogP contribution is 2.37. The van der Waals surface area contributed by atoms with Crippen LogP contribution < -0.4 is 5.32 Å². The van der Waals surface area contributed by atoms with Crippen molar-refractivity contribution in [1.29, 1.82) is 0 Å². The molecule has 1 aliphatic carbocycles. The number of likely N-dealkylation sites (N-methyl/N-ethyl adjacent to an activating group) is 4. The Labute approximate surface area is 488 Å². The molecule has 3 fully saturated rings. The Morgan fingerprint density at radius 2 is 0.964 bits per heavy atom. The first kappa shape index (κ1) is 67.7. The second kappa shape index (κ2) is 30.1.